The van der Waals surface area contributed by atoms with Gasteiger partial charge in [0.15, 0.2) is 5.75 Å². The molecule has 12 heteroatoms. The molecule has 0 spiro atoms. The van der Waals surface area contributed by atoms with Gasteiger partial charge in [-0.25, -0.2) is 22.9 Å². The number of nitrogens with one attached hydrogen (secondary N) is 2. The molecule has 0 bridgehead atoms. The van der Waals surface area contributed by atoms with Gasteiger partial charge in [-0.05, 0) is 30.3 Å². The van der Waals surface area contributed by atoms with E-state index in [0.29, 0.717) is 0 Å². The first-order valence-electron chi connectivity index (χ1n) is 8.63. The Morgan fingerprint density at radius 2 is 1.62 bits per heavy atom. The number of pyridine rings is 1. The molecule has 0 aliphatic carbocycles. The molecule has 0 fully saturated rings. The Morgan fingerprint density at radius 1 is 1.00 bits per heavy atom. The highest BCUT2D eigenvalue weighted by molar-refractivity contribution is 6.38. The molecule has 32 heavy (non-hydrogen) atoms. The van der Waals surface area contributed by atoms with Crippen LogP contribution in [-0.2, 0) is 6.67 Å². The van der Waals surface area contributed by atoms with Gasteiger partial charge < -0.3 is 10.1 Å². The van der Waals surface area contributed by atoms with E-state index >= 15 is 0 Å². The second-order valence-corrected chi connectivity index (χ2v) is 7.36. The summed E-state index contributed by atoms with van der Waals surface area (Å²) < 4.78 is 45.5. The zero-order chi connectivity index (χ0) is 23.4. The smallest absolute Gasteiger partial charge is 0.326 e. The average molecular weight is 505 g/mol. The summed E-state index contributed by atoms with van der Waals surface area (Å²) in [6.07, 6.45) is 1.22. The zero-order valence-corrected chi connectivity index (χ0v) is 18.0. The van der Waals surface area contributed by atoms with Crippen LogP contribution in [0.3, 0.4) is 0 Å². The Hall–Kier alpha value is -3.01. The van der Waals surface area contributed by atoms with E-state index in [2.05, 4.69) is 10.3 Å². The molecule has 3 rings (SSSR count). The molecule has 0 unspecified atom stereocenters. The molecule has 0 aliphatic rings. The number of benzene rings is 2. The van der Waals surface area contributed by atoms with Crippen molar-refractivity contribution >= 4 is 52.4 Å². The van der Waals surface area contributed by atoms with Crippen molar-refractivity contribution in [1.82, 2.24) is 10.3 Å². The monoisotopic (exact) mass is 503 g/mol. The first-order valence-corrected chi connectivity index (χ1v) is 9.76. The lowest BCUT2D eigenvalue weighted by atomic mass is 10.2. The summed E-state index contributed by atoms with van der Waals surface area (Å²) in [7, 11) is 0. The number of halogens is 6. The van der Waals surface area contributed by atoms with Crippen molar-refractivity contribution in [1.29, 1.82) is 0 Å². The van der Waals surface area contributed by atoms with Gasteiger partial charge >= 0.3 is 6.03 Å². The van der Waals surface area contributed by atoms with Gasteiger partial charge in [0.2, 0.25) is 5.88 Å². The van der Waals surface area contributed by atoms with Crippen molar-refractivity contribution in [2.24, 2.45) is 0 Å². The largest absolute Gasteiger partial charge is 0.434 e. The van der Waals surface area contributed by atoms with Crippen molar-refractivity contribution in [2.45, 2.75) is 6.67 Å². The lowest BCUT2D eigenvalue weighted by Gasteiger charge is -2.13. The first-order chi connectivity index (χ1) is 15.2. The van der Waals surface area contributed by atoms with Crippen molar-refractivity contribution in [2.75, 3.05) is 5.32 Å². The summed E-state index contributed by atoms with van der Waals surface area (Å²) in [4.78, 5) is 27.9. The van der Waals surface area contributed by atoms with Crippen LogP contribution in [0, 0.1) is 11.6 Å². The Labute approximate surface area is 194 Å². The lowest BCUT2D eigenvalue weighted by Crippen LogP contribution is -2.35. The highest BCUT2D eigenvalue weighted by Gasteiger charge is 2.20. The van der Waals surface area contributed by atoms with E-state index in [0.717, 1.165) is 18.2 Å². The van der Waals surface area contributed by atoms with Gasteiger partial charge in [-0.3, -0.25) is 10.1 Å². The Bertz CT molecular complexity index is 1170. The van der Waals surface area contributed by atoms with Gasteiger partial charge in [-0.1, -0.05) is 40.9 Å². The van der Waals surface area contributed by atoms with Crippen molar-refractivity contribution in [3.8, 4) is 11.6 Å². The van der Waals surface area contributed by atoms with Crippen LogP contribution in [0.2, 0.25) is 15.1 Å². The Balaban J connectivity index is 1.73. The number of hydrogen-bond acceptors (Lipinski definition) is 4. The summed E-state index contributed by atoms with van der Waals surface area (Å²) in [5.41, 5.74) is -0.626. The SMILES string of the molecule is O=C(NC(=O)c1c(F)cccc1F)Nc1cc(Cl)c(Oc2ncc(CF)cc2Cl)c(Cl)c1. The van der Waals surface area contributed by atoms with Crippen LogP contribution >= 0.6 is 34.8 Å². The van der Waals surface area contributed by atoms with E-state index in [1.165, 1.54) is 24.4 Å². The zero-order valence-electron chi connectivity index (χ0n) is 15.7. The maximum atomic E-state index is 13.7. The number of urea groups is 1. The predicted molar refractivity (Wildman–Crippen MR) is 113 cm³/mol. The number of anilines is 1. The third kappa shape index (κ3) is 5.42. The van der Waals surface area contributed by atoms with Crippen LogP contribution in [-0.4, -0.2) is 16.9 Å². The van der Waals surface area contributed by atoms with E-state index in [4.69, 9.17) is 39.5 Å². The van der Waals surface area contributed by atoms with Crippen LogP contribution in [0.25, 0.3) is 0 Å². The number of amides is 3. The standard InChI is InChI=1S/C20H11Cl3F3N3O3/c21-11-5-10(28-20(31)29-18(30)16-14(25)2-1-3-15(16)26)6-12(22)17(11)32-19-13(23)4-9(7-24)8-27-19/h1-6,8H,7H2,(H2,28,29,30,31). The Morgan fingerprint density at radius 3 is 2.19 bits per heavy atom. The minimum Gasteiger partial charge on any atom is -0.434 e. The normalized spacial score (nSPS) is 10.6. The van der Waals surface area contributed by atoms with E-state index in [1.807, 2.05) is 0 Å². The van der Waals surface area contributed by atoms with Crippen molar-refractivity contribution in [3.05, 3.63) is 80.4 Å². The highest BCUT2D eigenvalue weighted by Crippen LogP contribution is 2.40. The first kappa shape index (κ1) is 23.6. The minimum absolute atomic E-state index is 0.0211. The number of hydrogen-bond donors (Lipinski definition) is 2. The highest BCUT2D eigenvalue weighted by atomic mass is 35.5. The fourth-order valence-corrected chi connectivity index (χ4v) is 3.27. The molecule has 6 nitrogen and oxygen atoms in total. The number of alkyl halides is 1. The average Bonchev–Trinajstić information content (AvgIpc) is 2.71. The maximum absolute atomic E-state index is 13.7. The number of ether oxygens (including phenoxy) is 1. The molecule has 0 radical (unpaired) electrons. The summed E-state index contributed by atoms with van der Waals surface area (Å²) in [6, 6.07) is 5.53. The summed E-state index contributed by atoms with van der Waals surface area (Å²) in [5, 5.41) is 3.95. The number of nitrogens with zero attached hydrogens (tertiary/aromatic N) is 1. The van der Waals surface area contributed by atoms with Crippen LogP contribution in [0.15, 0.2) is 42.6 Å². The number of carbonyl (C=O) groups excluding carboxylic acids is 2. The minimum atomic E-state index is -1.28. The molecule has 0 saturated carbocycles. The second kappa shape index (κ2) is 10.1. The molecule has 0 saturated heterocycles. The van der Waals surface area contributed by atoms with E-state index in [9.17, 15) is 22.8 Å². The van der Waals surface area contributed by atoms with Crippen LogP contribution < -0.4 is 15.4 Å². The summed E-state index contributed by atoms with van der Waals surface area (Å²) in [6.45, 7) is -0.761. The topological polar surface area (TPSA) is 80.3 Å². The van der Waals surface area contributed by atoms with Crippen LogP contribution in [0.5, 0.6) is 11.6 Å². The molecule has 0 aliphatic heterocycles. The number of rotatable bonds is 5. The molecule has 2 N–H and O–H groups in total. The van der Waals surface area contributed by atoms with Crippen molar-refractivity contribution < 1.29 is 27.5 Å². The molecule has 3 amide bonds. The quantitative estimate of drug-likeness (QED) is 0.413. The van der Waals surface area contributed by atoms with E-state index in [1.54, 1.807) is 5.32 Å². The van der Waals surface area contributed by atoms with E-state index in [-0.39, 0.29) is 37.9 Å². The molecule has 3 aromatic rings. The molecule has 0 atom stereocenters. The van der Waals surface area contributed by atoms with Crippen LogP contribution in [0.1, 0.15) is 15.9 Å². The summed E-state index contributed by atoms with van der Waals surface area (Å²) in [5.74, 6) is -3.67. The fourth-order valence-electron chi connectivity index (χ4n) is 2.48. The van der Waals surface area contributed by atoms with Gasteiger partial charge in [-0.2, -0.15) is 0 Å². The van der Waals surface area contributed by atoms with Gasteiger partial charge in [0.1, 0.15) is 28.9 Å². The van der Waals surface area contributed by atoms with Gasteiger partial charge in [-0.15, -0.1) is 0 Å². The molecule has 1 aromatic heterocycles. The lowest BCUT2D eigenvalue weighted by molar-refractivity contribution is 0.0959. The number of aromatic nitrogens is 1. The molecular formula is C20H11Cl3F3N3O3. The summed E-state index contributed by atoms with van der Waals surface area (Å²) >= 11 is 18.3. The molecule has 2 aromatic carbocycles. The van der Waals surface area contributed by atoms with Crippen LogP contribution in [0.4, 0.5) is 23.7 Å². The predicted octanol–water partition coefficient (Wildman–Crippen LogP) is 6.54. The van der Waals surface area contributed by atoms with Gasteiger partial charge in [0.25, 0.3) is 5.91 Å². The second-order valence-electron chi connectivity index (χ2n) is 6.14. The van der Waals surface area contributed by atoms with Gasteiger partial charge in [0, 0.05) is 17.4 Å². The van der Waals surface area contributed by atoms with Crippen molar-refractivity contribution in [3.63, 3.8) is 0 Å². The maximum Gasteiger partial charge on any atom is 0.326 e. The van der Waals surface area contributed by atoms with E-state index < -0.39 is 35.8 Å². The molecule has 166 valence electrons. The van der Waals surface area contributed by atoms with Gasteiger partial charge in [0.05, 0.1) is 10.0 Å². The third-order valence-electron chi connectivity index (χ3n) is 3.89. The third-order valence-corrected chi connectivity index (χ3v) is 4.72. The fraction of sp³-hybridized carbons (Fsp3) is 0.0500. The molecular weight excluding hydrogens is 494 g/mol. The number of imide groups is 1. The molecule has 1 heterocycles. The number of carbonyl (C=O) groups is 2. The Kier molecular flexibility index (Phi) is 7.44.